The Morgan fingerprint density at radius 3 is 2.74 bits per heavy atom. The van der Waals surface area contributed by atoms with Crippen molar-refractivity contribution in [2.24, 2.45) is 0 Å². The highest BCUT2D eigenvalue weighted by Gasteiger charge is 2.25. The number of imide groups is 1. The number of aryl methyl sites for hydroxylation is 2. The smallest absolute Gasteiger partial charge is 0.254 e. The molecule has 4 aromatic rings. The van der Waals surface area contributed by atoms with Crippen molar-refractivity contribution < 1.29 is 9.59 Å². The molecule has 1 aliphatic heterocycles. The maximum absolute atomic E-state index is 12.1. The second kappa shape index (κ2) is 8.19. The van der Waals surface area contributed by atoms with Crippen LogP contribution in [0.4, 0.5) is 5.82 Å². The number of imidazole rings is 1. The first kappa shape index (κ1) is 21.3. The van der Waals surface area contributed by atoms with Gasteiger partial charge in [0.1, 0.15) is 5.82 Å². The highest BCUT2D eigenvalue weighted by atomic mass is 16.2. The number of carbonyl (C=O) groups excluding carboxylic acids is 2. The van der Waals surface area contributed by atoms with Gasteiger partial charge in [0, 0.05) is 41.5 Å². The molecule has 9 heteroatoms. The van der Waals surface area contributed by atoms with Gasteiger partial charge in [-0.05, 0) is 56.0 Å². The largest absolute Gasteiger partial charge is 0.367 e. The molecule has 1 aromatic carbocycles. The van der Waals surface area contributed by atoms with Crippen molar-refractivity contribution in [3.05, 3.63) is 76.6 Å². The van der Waals surface area contributed by atoms with Crippen molar-refractivity contribution in [3.63, 3.8) is 0 Å². The Balaban J connectivity index is 1.40. The zero-order valence-corrected chi connectivity index (χ0v) is 19.6. The van der Waals surface area contributed by atoms with Crippen molar-refractivity contribution in [2.75, 3.05) is 5.32 Å². The predicted octanol–water partition coefficient (Wildman–Crippen LogP) is 3.13. The number of benzene rings is 1. The molecule has 35 heavy (non-hydrogen) atoms. The lowest BCUT2D eigenvalue weighted by atomic mass is 10.1. The van der Waals surface area contributed by atoms with E-state index in [2.05, 4.69) is 45.8 Å². The van der Waals surface area contributed by atoms with Crippen molar-refractivity contribution in [2.45, 2.75) is 45.6 Å². The molecular formula is C26H25N7O2. The molecule has 1 saturated heterocycles. The van der Waals surface area contributed by atoms with Crippen LogP contribution in [-0.4, -0.2) is 42.0 Å². The van der Waals surface area contributed by atoms with Crippen molar-refractivity contribution in [1.82, 2.24) is 29.5 Å². The molecule has 0 spiro atoms. The van der Waals surface area contributed by atoms with Crippen LogP contribution in [0.2, 0.25) is 0 Å². The zero-order chi connectivity index (χ0) is 24.1. The van der Waals surface area contributed by atoms with Crippen LogP contribution in [0.15, 0.2) is 48.6 Å². The predicted molar refractivity (Wildman–Crippen MR) is 131 cm³/mol. The Morgan fingerprint density at radius 1 is 1.17 bits per heavy atom. The monoisotopic (exact) mass is 467 g/mol. The summed E-state index contributed by atoms with van der Waals surface area (Å²) in [5, 5.41) is 10.4. The fourth-order valence-electron chi connectivity index (χ4n) is 4.43. The van der Waals surface area contributed by atoms with Crippen LogP contribution in [0.25, 0.3) is 17.4 Å². The minimum atomic E-state index is -0.358. The number of rotatable bonds is 6. The van der Waals surface area contributed by atoms with Gasteiger partial charge in [-0.3, -0.25) is 14.9 Å². The van der Waals surface area contributed by atoms with Gasteiger partial charge in [-0.25, -0.2) is 9.97 Å². The number of aromatic nitrogens is 5. The summed E-state index contributed by atoms with van der Waals surface area (Å²) >= 11 is 0. The molecular weight excluding hydrogens is 442 g/mol. The molecule has 4 heterocycles. The topological polar surface area (TPSA) is 106 Å². The molecule has 0 radical (unpaired) electrons. The fraction of sp³-hybridized carbons (Fsp3) is 0.269. The van der Waals surface area contributed by atoms with Crippen LogP contribution in [0.3, 0.4) is 0 Å². The van der Waals surface area contributed by atoms with Gasteiger partial charge in [0.05, 0.1) is 30.3 Å². The number of hydrogen-bond donors (Lipinski definition) is 2. The maximum Gasteiger partial charge on any atom is 0.254 e. The van der Waals surface area contributed by atoms with Crippen LogP contribution in [-0.2, 0) is 16.0 Å². The Kier molecular flexibility index (Phi) is 4.98. The van der Waals surface area contributed by atoms with E-state index in [1.165, 1.54) is 0 Å². The molecule has 9 nitrogen and oxygen atoms in total. The zero-order valence-electron chi connectivity index (χ0n) is 19.6. The van der Waals surface area contributed by atoms with Gasteiger partial charge in [0.15, 0.2) is 5.65 Å². The van der Waals surface area contributed by atoms with Crippen molar-refractivity contribution in [3.8, 4) is 5.69 Å². The summed E-state index contributed by atoms with van der Waals surface area (Å²) in [6.45, 7) is 4.06. The normalized spacial score (nSPS) is 16.9. The van der Waals surface area contributed by atoms with Gasteiger partial charge in [0.2, 0.25) is 5.91 Å². The minimum Gasteiger partial charge on any atom is -0.367 e. The maximum atomic E-state index is 12.1. The van der Waals surface area contributed by atoms with E-state index >= 15 is 0 Å². The molecule has 1 saturated carbocycles. The van der Waals surface area contributed by atoms with Gasteiger partial charge in [0.25, 0.3) is 5.91 Å². The van der Waals surface area contributed by atoms with Crippen molar-refractivity contribution >= 4 is 29.4 Å². The summed E-state index contributed by atoms with van der Waals surface area (Å²) in [6, 6.07) is 8.94. The van der Waals surface area contributed by atoms with Crippen molar-refractivity contribution in [1.29, 1.82) is 0 Å². The first-order valence-electron chi connectivity index (χ1n) is 11.7. The summed E-state index contributed by atoms with van der Waals surface area (Å²) < 4.78 is 3.80. The van der Waals surface area contributed by atoms with E-state index < -0.39 is 0 Å². The van der Waals surface area contributed by atoms with Crippen LogP contribution >= 0.6 is 0 Å². The number of fused-ring (bicyclic) bond motifs is 1. The average molecular weight is 468 g/mol. The van der Waals surface area contributed by atoms with Crippen LogP contribution in [0.1, 0.15) is 47.3 Å². The summed E-state index contributed by atoms with van der Waals surface area (Å²) in [6.07, 6.45) is 10.2. The second-order valence-corrected chi connectivity index (χ2v) is 9.39. The Labute approximate surface area is 201 Å². The number of carbonyl (C=O) groups is 2. The molecule has 3 aromatic heterocycles. The van der Waals surface area contributed by atoms with E-state index in [9.17, 15) is 9.59 Å². The first-order valence-corrected chi connectivity index (χ1v) is 11.7. The van der Waals surface area contributed by atoms with Gasteiger partial charge in [-0.15, -0.1) is 0 Å². The van der Waals surface area contributed by atoms with Gasteiger partial charge in [-0.2, -0.15) is 9.61 Å². The SMILES string of the molecule is Cc1cc(Cc2cc(NC3CC3)n3ncc(/C=C4\CC(=O)NC4=O)c3n2)cc(-n2cnc(C)c2)c1. The van der Waals surface area contributed by atoms with E-state index in [4.69, 9.17) is 4.98 Å². The Morgan fingerprint density at radius 2 is 2.03 bits per heavy atom. The van der Waals surface area contributed by atoms with E-state index in [1.54, 1.807) is 16.8 Å². The molecule has 2 fully saturated rings. The standard InChI is InChI=1S/C26H25N7O2/c1-15-5-17(8-22(6-15)32-13-16(2)27-14-32)7-21-11-23(29-20-3-4-20)33-25(30-21)19(12-28-33)9-18-10-24(34)31-26(18)35/h5-6,8-9,11-14,20,29H,3-4,7,10H2,1-2H3,(H,31,34,35)/b18-9+. The molecule has 2 aliphatic rings. The third-order valence-electron chi connectivity index (χ3n) is 6.22. The third-order valence-corrected chi connectivity index (χ3v) is 6.22. The summed E-state index contributed by atoms with van der Waals surface area (Å²) in [4.78, 5) is 33.0. The van der Waals surface area contributed by atoms with Gasteiger partial charge in [-0.1, -0.05) is 6.07 Å². The van der Waals surface area contributed by atoms with E-state index in [0.717, 1.165) is 46.9 Å². The highest BCUT2D eigenvalue weighted by molar-refractivity contribution is 6.15. The molecule has 0 unspecified atom stereocenters. The van der Waals surface area contributed by atoms with Crippen LogP contribution < -0.4 is 10.6 Å². The quantitative estimate of drug-likeness (QED) is 0.333. The lowest BCUT2D eigenvalue weighted by Crippen LogP contribution is -2.19. The number of anilines is 1. The lowest BCUT2D eigenvalue weighted by molar-refractivity contribution is -0.124. The lowest BCUT2D eigenvalue weighted by Gasteiger charge is -2.12. The Bertz CT molecular complexity index is 1520. The fourth-order valence-corrected chi connectivity index (χ4v) is 4.43. The van der Waals surface area contributed by atoms with E-state index in [1.807, 2.05) is 30.1 Å². The molecule has 176 valence electrons. The molecule has 2 amide bonds. The number of nitrogens with zero attached hydrogens (tertiary/aromatic N) is 5. The average Bonchev–Trinajstić information content (AvgIpc) is 3.20. The number of hydrogen-bond acceptors (Lipinski definition) is 6. The van der Waals surface area contributed by atoms with E-state index in [-0.39, 0.29) is 18.2 Å². The number of nitrogens with one attached hydrogen (secondary N) is 2. The van der Waals surface area contributed by atoms with Gasteiger partial charge >= 0.3 is 0 Å². The molecule has 0 atom stereocenters. The molecule has 1 aliphatic carbocycles. The Hall–Kier alpha value is -4.27. The number of amides is 2. The second-order valence-electron chi connectivity index (χ2n) is 9.39. The van der Waals surface area contributed by atoms with Crippen LogP contribution in [0.5, 0.6) is 0 Å². The molecule has 2 N–H and O–H groups in total. The van der Waals surface area contributed by atoms with Crippen LogP contribution in [0, 0.1) is 13.8 Å². The molecule has 6 rings (SSSR count). The summed E-state index contributed by atoms with van der Waals surface area (Å²) in [7, 11) is 0. The summed E-state index contributed by atoms with van der Waals surface area (Å²) in [5.74, 6) is 0.233. The highest BCUT2D eigenvalue weighted by Crippen LogP contribution is 2.28. The van der Waals surface area contributed by atoms with E-state index in [0.29, 0.717) is 29.2 Å². The summed E-state index contributed by atoms with van der Waals surface area (Å²) in [5.41, 5.74) is 7.01. The molecule has 0 bridgehead atoms. The first-order chi connectivity index (χ1) is 16.9. The minimum absolute atomic E-state index is 0.0723. The van der Waals surface area contributed by atoms with Gasteiger partial charge < -0.3 is 9.88 Å². The third kappa shape index (κ3) is 4.32.